The zero-order valence-electron chi connectivity index (χ0n) is 11.2. The molecule has 5 heteroatoms. The average Bonchev–Trinajstić information content (AvgIpc) is 2.16. The Balaban J connectivity index is 2.98. The number of hydrogen-bond donors (Lipinski definition) is 1. The van der Waals surface area contributed by atoms with Gasteiger partial charge in [0.2, 0.25) is 10.0 Å². The first-order chi connectivity index (χ1) is 8.13. The van der Waals surface area contributed by atoms with Gasteiger partial charge in [-0.05, 0) is 35.6 Å². The molecule has 0 amide bonds. The highest BCUT2D eigenvalue weighted by Crippen LogP contribution is 2.24. The summed E-state index contributed by atoms with van der Waals surface area (Å²) in [6.07, 6.45) is 0.785. The molecule has 3 nitrogen and oxygen atoms in total. The fourth-order valence-corrected chi connectivity index (χ4v) is 3.88. The summed E-state index contributed by atoms with van der Waals surface area (Å²) in [4.78, 5) is 0. The highest BCUT2D eigenvalue weighted by Gasteiger charge is 2.22. The van der Waals surface area contributed by atoms with Gasteiger partial charge in [0.1, 0.15) is 0 Å². The SMILES string of the molecule is CCc1cc(Br)ccc1NS(=O)(=O)CC(C)(C)C. The normalized spacial score (nSPS) is 12.5. The Morgan fingerprint density at radius 1 is 1.28 bits per heavy atom. The second kappa shape index (κ2) is 5.61. The number of halogens is 1. The minimum absolute atomic E-state index is 0.110. The molecule has 0 radical (unpaired) electrons. The van der Waals surface area contributed by atoms with Crippen LogP contribution in [0, 0.1) is 5.41 Å². The Morgan fingerprint density at radius 3 is 2.39 bits per heavy atom. The van der Waals surface area contributed by atoms with Gasteiger partial charge in [0.25, 0.3) is 0 Å². The van der Waals surface area contributed by atoms with Gasteiger partial charge in [0.05, 0.1) is 11.4 Å². The maximum Gasteiger partial charge on any atom is 0.233 e. The van der Waals surface area contributed by atoms with E-state index in [1.807, 2.05) is 39.8 Å². The van der Waals surface area contributed by atoms with Gasteiger partial charge in [0, 0.05) is 4.47 Å². The van der Waals surface area contributed by atoms with Crippen LogP contribution in [0.2, 0.25) is 0 Å². The van der Waals surface area contributed by atoms with Crippen molar-refractivity contribution in [3.8, 4) is 0 Å². The Kier molecular flexibility index (Phi) is 4.84. The fourth-order valence-electron chi connectivity index (χ4n) is 1.73. The highest BCUT2D eigenvalue weighted by atomic mass is 79.9. The summed E-state index contributed by atoms with van der Waals surface area (Å²) in [5, 5.41) is 0. The predicted octanol–water partition coefficient (Wildman–Crippen LogP) is 3.80. The molecule has 102 valence electrons. The second-order valence-corrected chi connectivity index (χ2v) is 8.21. The summed E-state index contributed by atoms with van der Waals surface area (Å²) in [6, 6.07) is 5.58. The van der Waals surface area contributed by atoms with Crippen molar-refractivity contribution >= 4 is 31.6 Å². The molecule has 0 saturated carbocycles. The lowest BCUT2D eigenvalue weighted by Gasteiger charge is -2.19. The first kappa shape index (κ1) is 15.5. The quantitative estimate of drug-likeness (QED) is 0.910. The van der Waals surface area contributed by atoms with Crippen molar-refractivity contribution in [2.75, 3.05) is 10.5 Å². The predicted molar refractivity (Wildman–Crippen MR) is 80.4 cm³/mol. The lowest BCUT2D eigenvalue weighted by atomic mass is 10.0. The number of rotatable bonds is 4. The summed E-state index contributed by atoms with van der Waals surface area (Å²) >= 11 is 3.39. The summed E-state index contributed by atoms with van der Waals surface area (Å²) in [5.41, 5.74) is 1.40. The summed E-state index contributed by atoms with van der Waals surface area (Å²) in [7, 11) is -3.30. The monoisotopic (exact) mass is 333 g/mol. The number of sulfonamides is 1. The van der Waals surface area contributed by atoms with E-state index in [0.717, 1.165) is 16.5 Å². The average molecular weight is 334 g/mol. The molecule has 0 aromatic heterocycles. The van der Waals surface area contributed by atoms with Crippen LogP contribution in [0.25, 0.3) is 0 Å². The first-order valence-electron chi connectivity index (χ1n) is 5.92. The van der Waals surface area contributed by atoms with E-state index in [4.69, 9.17) is 0 Å². The van der Waals surface area contributed by atoms with Gasteiger partial charge in [-0.15, -0.1) is 0 Å². The Hall–Kier alpha value is -0.550. The molecule has 1 rings (SSSR count). The third-order valence-corrected chi connectivity index (χ3v) is 4.61. The lowest BCUT2D eigenvalue weighted by Crippen LogP contribution is -2.26. The molecule has 0 bridgehead atoms. The zero-order chi connectivity index (χ0) is 14.0. The van der Waals surface area contributed by atoms with E-state index in [2.05, 4.69) is 20.7 Å². The number of benzene rings is 1. The fraction of sp³-hybridized carbons (Fsp3) is 0.538. The zero-order valence-corrected chi connectivity index (χ0v) is 13.7. The molecule has 0 aliphatic carbocycles. The molecule has 0 aliphatic heterocycles. The molecule has 0 fully saturated rings. The van der Waals surface area contributed by atoms with E-state index >= 15 is 0 Å². The van der Waals surface area contributed by atoms with E-state index in [-0.39, 0.29) is 11.2 Å². The van der Waals surface area contributed by atoms with E-state index < -0.39 is 10.0 Å². The molecule has 0 saturated heterocycles. The van der Waals surface area contributed by atoms with Crippen molar-refractivity contribution in [1.82, 2.24) is 0 Å². The molecular weight excluding hydrogens is 314 g/mol. The van der Waals surface area contributed by atoms with Gasteiger partial charge >= 0.3 is 0 Å². The van der Waals surface area contributed by atoms with Crippen LogP contribution in [0.1, 0.15) is 33.3 Å². The second-order valence-electron chi connectivity index (χ2n) is 5.58. The topological polar surface area (TPSA) is 46.2 Å². The Labute approximate surface area is 118 Å². The minimum Gasteiger partial charge on any atom is -0.283 e. The Bertz CT molecular complexity index is 518. The van der Waals surface area contributed by atoms with E-state index in [1.54, 1.807) is 6.07 Å². The maximum atomic E-state index is 12.0. The molecule has 0 unspecified atom stereocenters. The molecule has 18 heavy (non-hydrogen) atoms. The molecule has 0 atom stereocenters. The number of aryl methyl sites for hydroxylation is 1. The molecule has 1 aromatic rings. The molecule has 1 N–H and O–H groups in total. The maximum absolute atomic E-state index is 12.0. The van der Waals surface area contributed by atoms with Crippen LogP contribution >= 0.6 is 15.9 Å². The van der Waals surface area contributed by atoms with Crippen LogP contribution in [-0.2, 0) is 16.4 Å². The van der Waals surface area contributed by atoms with E-state index in [1.165, 1.54) is 0 Å². The van der Waals surface area contributed by atoms with Gasteiger partial charge < -0.3 is 0 Å². The Morgan fingerprint density at radius 2 is 1.89 bits per heavy atom. The van der Waals surface area contributed by atoms with Crippen molar-refractivity contribution in [3.63, 3.8) is 0 Å². The summed E-state index contributed by atoms with van der Waals surface area (Å²) < 4.78 is 27.7. The van der Waals surface area contributed by atoms with Crippen molar-refractivity contribution < 1.29 is 8.42 Å². The smallest absolute Gasteiger partial charge is 0.233 e. The molecular formula is C13H20BrNO2S. The first-order valence-corrected chi connectivity index (χ1v) is 8.36. The van der Waals surface area contributed by atoms with Crippen LogP contribution < -0.4 is 4.72 Å². The van der Waals surface area contributed by atoms with Crippen LogP contribution in [0.4, 0.5) is 5.69 Å². The van der Waals surface area contributed by atoms with E-state index in [0.29, 0.717) is 5.69 Å². The van der Waals surface area contributed by atoms with Gasteiger partial charge in [-0.3, -0.25) is 4.72 Å². The number of anilines is 1. The van der Waals surface area contributed by atoms with Gasteiger partial charge in [-0.2, -0.15) is 0 Å². The van der Waals surface area contributed by atoms with Crippen molar-refractivity contribution in [2.24, 2.45) is 5.41 Å². The van der Waals surface area contributed by atoms with Crippen LogP contribution in [0.3, 0.4) is 0 Å². The minimum atomic E-state index is -3.30. The molecule has 0 aliphatic rings. The third kappa shape index (κ3) is 4.98. The van der Waals surface area contributed by atoms with Gasteiger partial charge in [-0.1, -0.05) is 43.6 Å². The molecule has 1 aromatic carbocycles. The molecule has 0 spiro atoms. The molecule has 0 heterocycles. The van der Waals surface area contributed by atoms with Crippen molar-refractivity contribution in [1.29, 1.82) is 0 Å². The highest BCUT2D eigenvalue weighted by molar-refractivity contribution is 9.10. The summed E-state index contributed by atoms with van der Waals surface area (Å²) in [6.45, 7) is 7.74. The largest absolute Gasteiger partial charge is 0.283 e. The van der Waals surface area contributed by atoms with Crippen molar-refractivity contribution in [2.45, 2.75) is 34.1 Å². The lowest BCUT2D eigenvalue weighted by molar-refractivity contribution is 0.463. The van der Waals surface area contributed by atoms with E-state index in [9.17, 15) is 8.42 Å². The van der Waals surface area contributed by atoms with Crippen molar-refractivity contribution in [3.05, 3.63) is 28.2 Å². The summed E-state index contributed by atoms with van der Waals surface area (Å²) in [5.74, 6) is 0.110. The van der Waals surface area contributed by atoms with Crippen LogP contribution in [0.15, 0.2) is 22.7 Å². The van der Waals surface area contributed by atoms with Gasteiger partial charge in [0.15, 0.2) is 0 Å². The number of hydrogen-bond acceptors (Lipinski definition) is 2. The number of nitrogens with one attached hydrogen (secondary N) is 1. The van der Waals surface area contributed by atoms with Crippen LogP contribution in [0.5, 0.6) is 0 Å². The van der Waals surface area contributed by atoms with Gasteiger partial charge in [-0.25, -0.2) is 8.42 Å². The standard InChI is InChI=1S/C13H20BrNO2S/c1-5-10-8-11(14)6-7-12(10)15-18(16,17)9-13(2,3)4/h6-8,15H,5,9H2,1-4H3. The van der Waals surface area contributed by atoms with Crippen LogP contribution in [-0.4, -0.2) is 14.2 Å². The third-order valence-electron chi connectivity index (χ3n) is 2.34.